The predicted molar refractivity (Wildman–Crippen MR) is 70.2 cm³/mol. The molecule has 0 aliphatic carbocycles. The first-order chi connectivity index (χ1) is 7.54. The predicted octanol–water partition coefficient (Wildman–Crippen LogP) is 2.00. The summed E-state index contributed by atoms with van der Waals surface area (Å²) in [6, 6.07) is 1.40. The topological polar surface area (TPSA) is 51.4 Å². The monoisotopic (exact) mass is 298 g/mol. The maximum Gasteiger partial charge on any atom is 0.261 e. The Morgan fingerprint density at radius 2 is 2.25 bits per heavy atom. The lowest BCUT2D eigenvalue weighted by Crippen LogP contribution is -2.11. The molecule has 0 atom stereocenters. The summed E-state index contributed by atoms with van der Waals surface area (Å²) in [5.74, 6) is 0.804. The fraction of sp³-hybridized carbons (Fsp3) is 0.375. The van der Waals surface area contributed by atoms with Crippen molar-refractivity contribution >= 4 is 58.2 Å². The Kier molecular flexibility index (Phi) is 5.54. The summed E-state index contributed by atoms with van der Waals surface area (Å²) in [7, 11) is 1.68. The van der Waals surface area contributed by atoms with Gasteiger partial charge in [0.1, 0.15) is 10.0 Å². The van der Waals surface area contributed by atoms with Gasteiger partial charge in [-0.05, 0) is 23.5 Å². The highest BCUT2D eigenvalue weighted by Crippen LogP contribution is 2.12. The van der Waals surface area contributed by atoms with E-state index in [9.17, 15) is 9.59 Å². The molecule has 0 N–H and O–H groups in total. The van der Waals surface area contributed by atoms with E-state index in [2.05, 4.69) is 4.40 Å². The Balaban J connectivity index is 0.000000160. The van der Waals surface area contributed by atoms with Crippen LogP contribution in [-0.4, -0.2) is 27.1 Å². The number of rotatable bonds is 1. The molecule has 4 nitrogen and oxygen atoms in total. The van der Waals surface area contributed by atoms with Gasteiger partial charge in [-0.25, -0.2) is 4.40 Å². The van der Waals surface area contributed by atoms with E-state index in [0.29, 0.717) is 15.8 Å². The number of Topliss-reactive ketones (excluding diaryl/α,β-unsaturated/α-hetero) is 1. The number of hydrogen-bond acceptors (Lipinski definition) is 5. The van der Waals surface area contributed by atoms with Gasteiger partial charge in [-0.1, -0.05) is 11.6 Å². The lowest BCUT2D eigenvalue weighted by atomic mass is 10.3. The normalized spacial score (nSPS) is 14.4. The number of hydrogen-bond donors (Lipinski definition) is 0. The molecule has 16 heavy (non-hydrogen) atoms. The van der Waals surface area contributed by atoms with Crippen LogP contribution in [0.15, 0.2) is 15.3 Å². The van der Waals surface area contributed by atoms with Crippen molar-refractivity contribution in [3.8, 4) is 0 Å². The minimum absolute atomic E-state index is 0.0417. The molecule has 0 unspecified atom stereocenters. The molecule has 2 heterocycles. The summed E-state index contributed by atoms with van der Waals surface area (Å²) >= 11 is 13.3. The minimum Gasteiger partial charge on any atom is -0.292 e. The number of alkyl halides is 1. The van der Waals surface area contributed by atoms with Gasteiger partial charge in [0.2, 0.25) is 0 Å². The minimum atomic E-state index is -0.0417. The zero-order chi connectivity index (χ0) is 12.1. The van der Waals surface area contributed by atoms with Gasteiger partial charge in [0, 0.05) is 13.1 Å². The van der Waals surface area contributed by atoms with Gasteiger partial charge in [0.05, 0.1) is 11.6 Å². The molecule has 1 aromatic rings. The molecule has 2 rings (SSSR count). The number of ketones is 1. The quantitative estimate of drug-likeness (QED) is 0.588. The van der Waals surface area contributed by atoms with Crippen molar-refractivity contribution in [2.75, 3.05) is 11.6 Å². The molecule has 0 fully saturated rings. The molecule has 0 amide bonds. The SMILES string of the molecule is Cn1sc(Cl)cc1=O.O=C1CSN=C1CCl. The van der Waals surface area contributed by atoms with E-state index in [-0.39, 0.29) is 17.2 Å². The molecule has 1 aliphatic heterocycles. The fourth-order valence-corrected chi connectivity index (χ4v) is 2.70. The average molecular weight is 299 g/mol. The second-order valence-electron chi connectivity index (χ2n) is 2.74. The number of aromatic nitrogens is 1. The lowest BCUT2D eigenvalue weighted by molar-refractivity contribution is -0.110. The van der Waals surface area contributed by atoms with Gasteiger partial charge in [-0.3, -0.25) is 13.5 Å². The summed E-state index contributed by atoms with van der Waals surface area (Å²) in [4.78, 5) is 21.1. The van der Waals surface area contributed by atoms with Crippen molar-refractivity contribution in [2.45, 2.75) is 0 Å². The third-order valence-corrected chi connectivity index (χ3v) is 3.65. The lowest BCUT2D eigenvalue weighted by Gasteiger charge is -1.82. The molecule has 0 spiro atoms. The van der Waals surface area contributed by atoms with Crippen LogP contribution in [-0.2, 0) is 11.8 Å². The number of halogens is 2. The highest BCUT2D eigenvalue weighted by molar-refractivity contribution is 7.99. The van der Waals surface area contributed by atoms with Crippen LogP contribution in [0.1, 0.15) is 0 Å². The van der Waals surface area contributed by atoms with Crippen LogP contribution in [0.25, 0.3) is 0 Å². The Hall–Kier alpha value is -0.300. The second kappa shape index (κ2) is 6.44. The molecule has 0 aromatic carbocycles. The molecule has 8 heteroatoms. The van der Waals surface area contributed by atoms with Gasteiger partial charge in [-0.15, -0.1) is 11.6 Å². The molecule has 0 radical (unpaired) electrons. The van der Waals surface area contributed by atoms with Gasteiger partial charge in [0.25, 0.3) is 5.56 Å². The van der Waals surface area contributed by atoms with Crippen LogP contribution in [0.2, 0.25) is 4.34 Å². The van der Waals surface area contributed by atoms with E-state index < -0.39 is 0 Å². The summed E-state index contributed by atoms with van der Waals surface area (Å²) in [6.45, 7) is 0. The zero-order valence-electron chi connectivity index (χ0n) is 8.27. The van der Waals surface area contributed by atoms with Crippen LogP contribution in [0.4, 0.5) is 0 Å². The van der Waals surface area contributed by atoms with Gasteiger partial charge >= 0.3 is 0 Å². The van der Waals surface area contributed by atoms with Crippen molar-refractivity contribution in [3.05, 3.63) is 20.8 Å². The summed E-state index contributed by atoms with van der Waals surface area (Å²) in [5, 5.41) is 0. The van der Waals surface area contributed by atoms with Crippen LogP contribution < -0.4 is 5.56 Å². The van der Waals surface area contributed by atoms with Crippen LogP contribution >= 0.6 is 46.7 Å². The van der Waals surface area contributed by atoms with E-state index in [0.717, 1.165) is 0 Å². The third-order valence-electron chi connectivity index (χ3n) is 1.59. The van der Waals surface area contributed by atoms with E-state index in [1.54, 1.807) is 7.05 Å². The Bertz CT molecular complexity index is 467. The zero-order valence-corrected chi connectivity index (χ0v) is 11.4. The van der Waals surface area contributed by atoms with E-state index in [1.807, 2.05) is 0 Å². The van der Waals surface area contributed by atoms with Crippen molar-refractivity contribution in [1.29, 1.82) is 0 Å². The maximum atomic E-state index is 10.6. The largest absolute Gasteiger partial charge is 0.292 e. The van der Waals surface area contributed by atoms with Gasteiger partial charge < -0.3 is 0 Å². The van der Waals surface area contributed by atoms with E-state index >= 15 is 0 Å². The highest BCUT2D eigenvalue weighted by atomic mass is 35.5. The molecular weight excluding hydrogens is 291 g/mol. The molecule has 0 bridgehead atoms. The van der Waals surface area contributed by atoms with E-state index in [4.69, 9.17) is 23.2 Å². The van der Waals surface area contributed by atoms with Crippen LogP contribution in [0, 0.1) is 0 Å². The average Bonchev–Trinajstić information content (AvgIpc) is 2.75. The summed E-state index contributed by atoms with van der Waals surface area (Å²) in [5.41, 5.74) is 0.469. The number of aryl methyl sites for hydroxylation is 1. The number of nitrogens with zero attached hydrogens (tertiary/aromatic N) is 2. The van der Waals surface area contributed by atoms with Crippen LogP contribution in [0.5, 0.6) is 0 Å². The van der Waals surface area contributed by atoms with Crippen molar-refractivity contribution in [3.63, 3.8) is 0 Å². The molecule has 0 saturated carbocycles. The molecule has 1 aliphatic rings. The summed E-state index contributed by atoms with van der Waals surface area (Å²) < 4.78 is 5.80. The molecule has 0 saturated heterocycles. The fourth-order valence-electron chi connectivity index (χ4n) is 0.792. The molecular formula is C8H8Cl2N2O2S2. The first-order valence-electron chi connectivity index (χ1n) is 4.15. The van der Waals surface area contributed by atoms with Gasteiger partial charge in [-0.2, -0.15) is 0 Å². The highest BCUT2D eigenvalue weighted by Gasteiger charge is 2.15. The van der Waals surface area contributed by atoms with Crippen molar-refractivity contribution in [1.82, 2.24) is 3.96 Å². The Morgan fingerprint density at radius 1 is 1.56 bits per heavy atom. The Labute approximate surface area is 111 Å². The molecule has 1 aromatic heterocycles. The Morgan fingerprint density at radius 3 is 2.44 bits per heavy atom. The third kappa shape index (κ3) is 3.93. The van der Waals surface area contributed by atoms with Crippen molar-refractivity contribution in [2.24, 2.45) is 11.4 Å². The first kappa shape index (κ1) is 13.8. The number of carbonyl (C=O) groups excluding carboxylic acids is 1. The number of carbonyl (C=O) groups is 1. The van der Waals surface area contributed by atoms with Gasteiger partial charge in [0.15, 0.2) is 5.78 Å². The maximum absolute atomic E-state index is 10.6. The standard InChI is InChI=1S/2C4H4ClNOS/c1-6-4(7)2-3(5)8-6;5-1-3-4(7)2-8-6-3/h2H,1H3;1-2H2. The smallest absolute Gasteiger partial charge is 0.261 e. The second-order valence-corrected chi connectivity index (χ2v) is 5.54. The first-order valence-corrected chi connectivity index (χ1v) is 6.78. The van der Waals surface area contributed by atoms with Crippen molar-refractivity contribution < 1.29 is 4.79 Å². The van der Waals surface area contributed by atoms with Crippen LogP contribution in [0.3, 0.4) is 0 Å². The molecule has 88 valence electrons. The van der Waals surface area contributed by atoms with E-state index in [1.165, 1.54) is 33.5 Å². The summed E-state index contributed by atoms with van der Waals surface area (Å²) in [6.07, 6.45) is 0.